The lowest BCUT2D eigenvalue weighted by molar-refractivity contribution is 0.0821. The van der Waals surface area contributed by atoms with Crippen molar-refractivity contribution in [3.05, 3.63) is 41.6 Å². The molecule has 2 heterocycles. The maximum absolute atomic E-state index is 13.3. The van der Waals surface area contributed by atoms with Crippen LogP contribution in [0.5, 0.6) is 0 Å². The van der Waals surface area contributed by atoms with Gasteiger partial charge in [-0.2, -0.15) is 0 Å². The highest BCUT2D eigenvalue weighted by atomic mass is 19.1. The quantitative estimate of drug-likeness (QED) is 0.916. The molecule has 0 aliphatic carbocycles. The van der Waals surface area contributed by atoms with Gasteiger partial charge in [-0.25, -0.2) is 9.37 Å². The van der Waals surface area contributed by atoms with Gasteiger partial charge in [0, 0.05) is 18.7 Å². The fraction of sp³-hybridized carbons (Fsp3) is 0.357. The summed E-state index contributed by atoms with van der Waals surface area (Å²) >= 11 is 0. The van der Waals surface area contributed by atoms with Crippen LogP contribution in [0.15, 0.2) is 24.4 Å². The first kappa shape index (κ1) is 12.3. The van der Waals surface area contributed by atoms with Gasteiger partial charge in [-0.1, -0.05) is 0 Å². The van der Waals surface area contributed by atoms with Crippen LogP contribution in [0.2, 0.25) is 0 Å². The highest BCUT2D eigenvalue weighted by molar-refractivity contribution is 5.64. The molecule has 0 atom stereocenters. The van der Waals surface area contributed by atoms with E-state index >= 15 is 0 Å². The van der Waals surface area contributed by atoms with E-state index in [-0.39, 0.29) is 12.4 Å². The first-order chi connectivity index (χ1) is 9.29. The summed E-state index contributed by atoms with van der Waals surface area (Å²) in [5, 5.41) is 9.11. The van der Waals surface area contributed by atoms with Gasteiger partial charge in [-0.05, 0) is 30.2 Å². The number of rotatable bonds is 3. The van der Waals surface area contributed by atoms with Crippen molar-refractivity contribution < 1.29 is 14.2 Å². The van der Waals surface area contributed by atoms with Crippen LogP contribution >= 0.6 is 0 Å². The van der Waals surface area contributed by atoms with Crippen LogP contribution in [-0.4, -0.2) is 27.9 Å². The molecule has 1 aromatic carbocycles. The first-order valence-corrected chi connectivity index (χ1v) is 6.31. The second-order valence-corrected chi connectivity index (χ2v) is 4.54. The molecule has 1 N–H and O–H groups in total. The van der Waals surface area contributed by atoms with Crippen LogP contribution in [-0.2, 0) is 24.3 Å². The normalized spacial score (nSPS) is 14.4. The standard InChI is InChI=1S/C14H15FN2O2/c15-11-1-2-12(10(7-11)3-5-18)13-8-16-14-9-19-6-4-17(13)14/h1-2,7-8,18H,3-6,9H2. The molecule has 2 aromatic rings. The molecule has 19 heavy (non-hydrogen) atoms. The summed E-state index contributed by atoms with van der Waals surface area (Å²) in [6.07, 6.45) is 2.22. The van der Waals surface area contributed by atoms with E-state index in [0.29, 0.717) is 19.6 Å². The van der Waals surface area contributed by atoms with E-state index in [4.69, 9.17) is 9.84 Å². The van der Waals surface area contributed by atoms with E-state index in [1.807, 2.05) is 0 Å². The molecule has 0 amide bonds. The predicted octanol–water partition coefficient (Wildman–Crippen LogP) is 1.75. The average molecular weight is 262 g/mol. The smallest absolute Gasteiger partial charge is 0.135 e. The molecule has 0 saturated heterocycles. The van der Waals surface area contributed by atoms with Crippen molar-refractivity contribution in [2.24, 2.45) is 0 Å². The van der Waals surface area contributed by atoms with Crippen molar-refractivity contribution >= 4 is 0 Å². The summed E-state index contributed by atoms with van der Waals surface area (Å²) in [7, 11) is 0. The zero-order chi connectivity index (χ0) is 13.2. The summed E-state index contributed by atoms with van der Waals surface area (Å²) in [4.78, 5) is 4.34. The SMILES string of the molecule is OCCc1cc(F)ccc1-c1cnc2n1CCOC2. The molecule has 1 aromatic heterocycles. The number of benzene rings is 1. The Kier molecular flexibility index (Phi) is 3.31. The van der Waals surface area contributed by atoms with Gasteiger partial charge in [0.1, 0.15) is 18.2 Å². The molecule has 0 radical (unpaired) electrons. The van der Waals surface area contributed by atoms with Crippen molar-refractivity contribution in [1.29, 1.82) is 0 Å². The minimum absolute atomic E-state index is 0.000554. The Morgan fingerprint density at radius 2 is 2.32 bits per heavy atom. The van der Waals surface area contributed by atoms with Crippen molar-refractivity contribution in [3.63, 3.8) is 0 Å². The molecule has 4 nitrogen and oxygen atoms in total. The van der Waals surface area contributed by atoms with Crippen molar-refractivity contribution in [1.82, 2.24) is 9.55 Å². The van der Waals surface area contributed by atoms with Crippen LogP contribution in [0.25, 0.3) is 11.3 Å². The molecule has 0 saturated carbocycles. The van der Waals surface area contributed by atoms with Gasteiger partial charge < -0.3 is 14.4 Å². The van der Waals surface area contributed by atoms with E-state index < -0.39 is 0 Å². The van der Waals surface area contributed by atoms with Gasteiger partial charge in [-0.15, -0.1) is 0 Å². The van der Waals surface area contributed by atoms with Gasteiger partial charge in [0.15, 0.2) is 0 Å². The molecule has 1 aliphatic heterocycles. The third-order valence-corrected chi connectivity index (χ3v) is 3.35. The fourth-order valence-electron chi connectivity index (χ4n) is 2.45. The van der Waals surface area contributed by atoms with Crippen LogP contribution in [0, 0.1) is 5.82 Å². The number of aromatic nitrogens is 2. The van der Waals surface area contributed by atoms with E-state index in [0.717, 1.165) is 29.2 Å². The largest absolute Gasteiger partial charge is 0.396 e. The van der Waals surface area contributed by atoms with E-state index in [1.165, 1.54) is 12.1 Å². The predicted molar refractivity (Wildman–Crippen MR) is 68.1 cm³/mol. The lowest BCUT2D eigenvalue weighted by Gasteiger charge is -2.18. The molecule has 1 aliphatic rings. The molecule has 0 bridgehead atoms. The van der Waals surface area contributed by atoms with Crippen molar-refractivity contribution in [2.45, 2.75) is 19.6 Å². The van der Waals surface area contributed by atoms with Gasteiger partial charge in [0.05, 0.1) is 18.5 Å². The number of hydrogen-bond donors (Lipinski definition) is 1. The molecule has 3 rings (SSSR count). The number of nitrogens with zero attached hydrogens (tertiary/aromatic N) is 2. The molecular weight excluding hydrogens is 247 g/mol. The Labute approximate surface area is 110 Å². The zero-order valence-electron chi connectivity index (χ0n) is 10.5. The third kappa shape index (κ3) is 2.27. The molecule has 0 unspecified atom stereocenters. The summed E-state index contributed by atoms with van der Waals surface area (Å²) in [5.74, 6) is 0.606. The van der Waals surface area contributed by atoms with Crippen LogP contribution < -0.4 is 0 Å². The van der Waals surface area contributed by atoms with Gasteiger partial charge in [0.2, 0.25) is 0 Å². The minimum Gasteiger partial charge on any atom is -0.396 e. The minimum atomic E-state index is -0.283. The number of hydrogen-bond acceptors (Lipinski definition) is 3. The zero-order valence-corrected chi connectivity index (χ0v) is 10.5. The number of fused-ring (bicyclic) bond motifs is 1. The number of imidazole rings is 1. The monoisotopic (exact) mass is 262 g/mol. The Hall–Kier alpha value is -1.72. The second-order valence-electron chi connectivity index (χ2n) is 4.54. The maximum Gasteiger partial charge on any atom is 0.135 e. The maximum atomic E-state index is 13.3. The van der Waals surface area contributed by atoms with Gasteiger partial charge in [-0.3, -0.25) is 0 Å². The Morgan fingerprint density at radius 1 is 1.42 bits per heavy atom. The van der Waals surface area contributed by atoms with Crippen molar-refractivity contribution in [3.8, 4) is 11.3 Å². The summed E-state index contributed by atoms with van der Waals surface area (Å²) in [6.45, 7) is 1.92. The van der Waals surface area contributed by atoms with Crippen LogP contribution in [0.4, 0.5) is 4.39 Å². The Balaban J connectivity index is 2.08. The van der Waals surface area contributed by atoms with E-state index in [2.05, 4.69) is 9.55 Å². The Morgan fingerprint density at radius 3 is 3.16 bits per heavy atom. The number of ether oxygens (including phenoxy) is 1. The molecule has 5 heteroatoms. The van der Waals surface area contributed by atoms with Crippen molar-refractivity contribution in [2.75, 3.05) is 13.2 Å². The lowest BCUT2D eigenvalue weighted by atomic mass is 10.0. The molecule has 0 spiro atoms. The summed E-state index contributed by atoms with van der Waals surface area (Å²) in [5.41, 5.74) is 2.69. The number of aliphatic hydroxyl groups excluding tert-OH is 1. The lowest BCUT2D eigenvalue weighted by Crippen LogP contribution is -2.17. The molecular formula is C14H15FN2O2. The van der Waals surface area contributed by atoms with Crippen LogP contribution in [0.1, 0.15) is 11.4 Å². The van der Waals surface area contributed by atoms with Crippen LogP contribution in [0.3, 0.4) is 0 Å². The Bertz CT molecular complexity index is 595. The average Bonchev–Trinajstić information content (AvgIpc) is 2.83. The van der Waals surface area contributed by atoms with E-state index in [9.17, 15) is 4.39 Å². The third-order valence-electron chi connectivity index (χ3n) is 3.35. The topological polar surface area (TPSA) is 47.3 Å². The first-order valence-electron chi connectivity index (χ1n) is 6.31. The molecule has 0 fully saturated rings. The highest BCUT2D eigenvalue weighted by Gasteiger charge is 2.17. The fourth-order valence-corrected chi connectivity index (χ4v) is 2.45. The highest BCUT2D eigenvalue weighted by Crippen LogP contribution is 2.27. The van der Waals surface area contributed by atoms with Gasteiger partial charge >= 0.3 is 0 Å². The summed E-state index contributed by atoms with van der Waals surface area (Å²) in [6, 6.07) is 4.67. The van der Waals surface area contributed by atoms with Gasteiger partial charge in [0.25, 0.3) is 0 Å². The number of halogens is 1. The summed E-state index contributed by atoms with van der Waals surface area (Å²) < 4.78 is 20.8. The van der Waals surface area contributed by atoms with E-state index in [1.54, 1.807) is 12.3 Å². The second kappa shape index (κ2) is 5.11. The molecule has 100 valence electrons. The number of aliphatic hydroxyl groups is 1.